The van der Waals surface area contributed by atoms with E-state index in [0.717, 1.165) is 24.2 Å². The van der Waals surface area contributed by atoms with E-state index in [4.69, 9.17) is 0 Å². The average molecular weight is 463 g/mol. The number of carbonyl (C=O) groups is 3. The topological polar surface area (TPSA) is 104 Å². The quantitative estimate of drug-likeness (QED) is 0.513. The second kappa shape index (κ2) is 9.15. The molecule has 2 fully saturated rings. The molecule has 164 valence electrons. The summed E-state index contributed by atoms with van der Waals surface area (Å²) in [7, 11) is 0. The number of nitro groups is 1. The van der Waals surface area contributed by atoms with Crippen LogP contribution in [0.4, 0.5) is 5.00 Å². The van der Waals surface area contributed by atoms with E-state index < -0.39 is 4.92 Å². The van der Waals surface area contributed by atoms with Gasteiger partial charge >= 0.3 is 5.00 Å². The molecular formula is C20H22N4O5S2. The number of thiophene rings is 2. The SMILES string of the molecule is O=C(c1cccs1)N1CCCC(C(=O)N2CCN(C(=O)c3ccc([N+](=O)[O-])s3)CC2)C1. The van der Waals surface area contributed by atoms with Gasteiger partial charge in [-0.25, -0.2) is 0 Å². The smallest absolute Gasteiger partial charge is 0.324 e. The number of piperidine rings is 1. The van der Waals surface area contributed by atoms with Gasteiger partial charge in [0, 0.05) is 45.3 Å². The first kappa shape index (κ1) is 21.4. The second-order valence-electron chi connectivity index (χ2n) is 7.58. The van der Waals surface area contributed by atoms with Crippen molar-refractivity contribution in [2.75, 3.05) is 39.3 Å². The van der Waals surface area contributed by atoms with Crippen LogP contribution in [0.25, 0.3) is 0 Å². The molecule has 0 N–H and O–H groups in total. The maximum absolute atomic E-state index is 13.0. The summed E-state index contributed by atoms with van der Waals surface area (Å²) < 4.78 is 0. The van der Waals surface area contributed by atoms with Crippen molar-refractivity contribution >= 4 is 45.4 Å². The van der Waals surface area contributed by atoms with E-state index in [0.29, 0.717) is 49.0 Å². The van der Waals surface area contributed by atoms with E-state index in [1.165, 1.54) is 23.5 Å². The first-order chi connectivity index (χ1) is 14.9. The number of amides is 3. The Morgan fingerprint density at radius 3 is 2.29 bits per heavy atom. The van der Waals surface area contributed by atoms with E-state index in [-0.39, 0.29) is 28.6 Å². The van der Waals surface area contributed by atoms with E-state index in [1.807, 2.05) is 11.4 Å². The molecule has 0 aliphatic carbocycles. The summed E-state index contributed by atoms with van der Waals surface area (Å²) in [6.45, 7) is 2.71. The standard InChI is InChI=1S/C20H22N4O5S2/c25-18(14-3-1-7-23(13-14)19(26)15-4-2-12-30-15)21-8-10-22(11-9-21)20(27)16-5-6-17(31-16)24(28)29/h2,4-6,12,14H,1,3,7-11,13H2. The maximum atomic E-state index is 13.0. The molecule has 4 rings (SSSR count). The number of nitrogens with zero attached hydrogens (tertiary/aromatic N) is 4. The number of piperazine rings is 1. The van der Waals surface area contributed by atoms with Crippen LogP contribution in [-0.2, 0) is 4.79 Å². The highest BCUT2D eigenvalue weighted by Gasteiger charge is 2.34. The van der Waals surface area contributed by atoms with Crippen LogP contribution in [0.2, 0.25) is 0 Å². The second-order valence-corrected chi connectivity index (χ2v) is 9.59. The van der Waals surface area contributed by atoms with E-state index in [9.17, 15) is 24.5 Å². The predicted molar refractivity (Wildman–Crippen MR) is 116 cm³/mol. The van der Waals surface area contributed by atoms with Crippen molar-refractivity contribution in [1.82, 2.24) is 14.7 Å². The molecule has 0 aromatic carbocycles. The molecule has 2 aliphatic rings. The Morgan fingerprint density at radius 2 is 1.65 bits per heavy atom. The normalized spacial score (nSPS) is 19.4. The van der Waals surface area contributed by atoms with E-state index in [2.05, 4.69) is 0 Å². The van der Waals surface area contributed by atoms with Crippen LogP contribution in [0, 0.1) is 16.0 Å². The summed E-state index contributed by atoms with van der Waals surface area (Å²) in [5.74, 6) is -0.453. The molecule has 1 unspecified atom stereocenters. The lowest BCUT2D eigenvalue weighted by molar-refractivity contribution is -0.380. The fourth-order valence-electron chi connectivity index (χ4n) is 4.00. The van der Waals surface area contributed by atoms with Crippen molar-refractivity contribution in [3.63, 3.8) is 0 Å². The number of hydrogen-bond donors (Lipinski definition) is 0. The van der Waals surface area contributed by atoms with Crippen LogP contribution in [0.3, 0.4) is 0 Å². The third-order valence-corrected chi connectivity index (χ3v) is 7.53. The molecule has 0 bridgehead atoms. The average Bonchev–Trinajstić information content (AvgIpc) is 3.50. The van der Waals surface area contributed by atoms with Gasteiger partial charge in [0.05, 0.1) is 20.6 Å². The highest BCUT2D eigenvalue weighted by molar-refractivity contribution is 7.17. The van der Waals surface area contributed by atoms with Crippen molar-refractivity contribution < 1.29 is 19.3 Å². The molecule has 0 spiro atoms. The van der Waals surface area contributed by atoms with Gasteiger partial charge in [-0.15, -0.1) is 11.3 Å². The Kier molecular flexibility index (Phi) is 6.33. The molecule has 0 radical (unpaired) electrons. The van der Waals surface area contributed by atoms with Gasteiger partial charge in [0.1, 0.15) is 0 Å². The largest absolute Gasteiger partial charge is 0.339 e. The molecule has 2 aliphatic heterocycles. The van der Waals surface area contributed by atoms with Crippen molar-refractivity contribution in [3.05, 3.63) is 49.5 Å². The number of hydrogen-bond acceptors (Lipinski definition) is 7. The molecule has 11 heteroatoms. The summed E-state index contributed by atoms with van der Waals surface area (Å²) in [5.41, 5.74) is 0. The van der Waals surface area contributed by atoms with Crippen LogP contribution in [0.15, 0.2) is 29.6 Å². The zero-order valence-corrected chi connectivity index (χ0v) is 18.4. The Labute approximate surface area is 187 Å². The monoisotopic (exact) mass is 462 g/mol. The first-order valence-corrected chi connectivity index (χ1v) is 11.8. The zero-order valence-electron chi connectivity index (χ0n) is 16.8. The highest BCUT2D eigenvalue weighted by Crippen LogP contribution is 2.26. The third kappa shape index (κ3) is 4.62. The van der Waals surface area contributed by atoms with Gasteiger partial charge in [0.2, 0.25) is 5.91 Å². The van der Waals surface area contributed by atoms with Crippen molar-refractivity contribution in [1.29, 1.82) is 0 Å². The van der Waals surface area contributed by atoms with Crippen LogP contribution >= 0.6 is 22.7 Å². The first-order valence-electron chi connectivity index (χ1n) is 10.1. The summed E-state index contributed by atoms with van der Waals surface area (Å²) in [6.07, 6.45) is 1.55. The van der Waals surface area contributed by atoms with E-state index in [1.54, 1.807) is 20.8 Å². The van der Waals surface area contributed by atoms with Gasteiger partial charge in [-0.2, -0.15) is 0 Å². The lowest BCUT2D eigenvalue weighted by Crippen LogP contribution is -2.54. The van der Waals surface area contributed by atoms with Gasteiger partial charge in [-0.3, -0.25) is 24.5 Å². The lowest BCUT2D eigenvalue weighted by atomic mass is 9.96. The minimum Gasteiger partial charge on any atom is -0.339 e. The van der Waals surface area contributed by atoms with Gasteiger partial charge in [-0.05, 0) is 30.4 Å². The zero-order chi connectivity index (χ0) is 22.0. The van der Waals surface area contributed by atoms with Gasteiger partial charge in [0.25, 0.3) is 11.8 Å². The molecule has 9 nitrogen and oxygen atoms in total. The molecule has 2 saturated heterocycles. The molecule has 0 saturated carbocycles. The van der Waals surface area contributed by atoms with Crippen LogP contribution < -0.4 is 0 Å². The Morgan fingerprint density at radius 1 is 0.935 bits per heavy atom. The van der Waals surface area contributed by atoms with Crippen molar-refractivity contribution in [3.8, 4) is 0 Å². The predicted octanol–water partition coefficient (Wildman–Crippen LogP) is 2.55. The molecule has 2 aromatic rings. The Balaban J connectivity index is 1.32. The van der Waals surface area contributed by atoms with Crippen LogP contribution in [-0.4, -0.2) is 76.6 Å². The van der Waals surface area contributed by atoms with Gasteiger partial charge in [-0.1, -0.05) is 17.4 Å². The maximum Gasteiger partial charge on any atom is 0.324 e. The Hall–Kier alpha value is -2.79. The molecule has 1 atom stereocenters. The molecular weight excluding hydrogens is 440 g/mol. The van der Waals surface area contributed by atoms with Crippen LogP contribution in [0.5, 0.6) is 0 Å². The molecule has 2 aromatic heterocycles. The Bertz CT molecular complexity index is 982. The number of rotatable bonds is 4. The fourth-order valence-corrected chi connectivity index (χ4v) is 5.48. The molecule has 31 heavy (non-hydrogen) atoms. The highest BCUT2D eigenvalue weighted by atomic mass is 32.1. The number of likely N-dealkylation sites (tertiary alicyclic amines) is 1. The summed E-state index contributed by atoms with van der Waals surface area (Å²) >= 11 is 2.27. The lowest BCUT2D eigenvalue weighted by Gasteiger charge is -2.38. The summed E-state index contributed by atoms with van der Waals surface area (Å²) in [5, 5.41) is 12.6. The number of carbonyl (C=O) groups excluding carboxylic acids is 3. The fraction of sp³-hybridized carbons (Fsp3) is 0.450. The van der Waals surface area contributed by atoms with Crippen molar-refractivity contribution in [2.45, 2.75) is 12.8 Å². The van der Waals surface area contributed by atoms with Gasteiger partial charge in [0.15, 0.2) is 0 Å². The third-order valence-electron chi connectivity index (χ3n) is 5.65. The van der Waals surface area contributed by atoms with Crippen molar-refractivity contribution in [2.24, 2.45) is 5.92 Å². The summed E-state index contributed by atoms with van der Waals surface area (Å²) in [6, 6.07) is 6.46. The summed E-state index contributed by atoms with van der Waals surface area (Å²) in [4.78, 5) is 54.8. The minimum absolute atomic E-state index is 0.0204. The van der Waals surface area contributed by atoms with Crippen LogP contribution in [0.1, 0.15) is 32.2 Å². The molecule has 4 heterocycles. The minimum atomic E-state index is -0.505. The molecule has 3 amide bonds. The van der Waals surface area contributed by atoms with E-state index >= 15 is 0 Å². The van der Waals surface area contributed by atoms with Gasteiger partial charge < -0.3 is 14.7 Å².